The molecule has 2 atom stereocenters. The molecule has 39 heavy (non-hydrogen) atoms. The normalized spacial score (nSPS) is 17.0. The summed E-state index contributed by atoms with van der Waals surface area (Å²) in [7, 11) is 3.62. The smallest absolute Gasteiger partial charge is 0.549 e. The molecule has 0 aromatic carbocycles. The number of carboxylic acids is 2. The Labute approximate surface area is 254 Å². The molecule has 6 heterocycles. The number of aliphatic carboxylic acids is 2. The molecule has 0 saturated heterocycles. The van der Waals surface area contributed by atoms with Gasteiger partial charge in [-0.05, 0) is 61.4 Å². The maximum absolute atomic E-state index is 12.4. The zero-order valence-electron chi connectivity index (χ0n) is 21.7. The molecule has 6 rings (SSSR count). The number of ketones is 2. The maximum Gasteiger partial charge on any atom is 2.00 e. The van der Waals surface area contributed by atoms with Crippen LogP contribution in [0.25, 0.3) is 0 Å². The summed E-state index contributed by atoms with van der Waals surface area (Å²) >= 11 is 0. The van der Waals surface area contributed by atoms with Crippen molar-refractivity contribution in [3.63, 3.8) is 0 Å². The molecule has 11 heteroatoms. The van der Waals surface area contributed by atoms with Gasteiger partial charge < -0.3 is 38.1 Å². The summed E-state index contributed by atoms with van der Waals surface area (Å²) in [6.45, 7) is 1.10. The second-order valence-corrected chi connectivity index (χ2v) is 9.58. The zero-order valence-corrected chi connectivity index (χ0v) is 23.9. The summed E-state index contributed by atoms with van der Waals surface area (Å²) in [6, 6.07) is 13.9. The van der Waals surface area contributed by atoms with Gasteiger partial charge in [0.1, 0.15) is 0 Å². The van der Waals surface area contributed by atoms with Gasteiger partial charge in [0.25, 0.3) is 0 Å². The van der Waals surface area contributed by atoms with E-state index in [9.17, 15) is 29.4 Å². The van der Waals surface area contributed by atoms with E-state index in [1.54, 1.807) is 54.7 Å². The Balaban J connectivity index is 0.000000176. The van der Waals surface area contributed by atoms with Gasteiger partial charge in [-0.1, -0.05) is 0 Å². The van der Waals surface area contributed by atoms with Crippen LogP contribution in [0.4, 0.5) is 0 Å². The summed E-state index contributed by atoms with van der Waals surface area (Å²) in [4.78, 5) is 46.9. The van der Waals surface area contributed by atoms with Crippen molar-refractivity contribution in [2.45, 2.75) is 37.8 Å². The SMILES string of the molecule is Cn1cccc1C(=O)c1ccc2n1CCC2C(=O)[O-].Cn1cccc1C(=O)c1ccc2n1CCC2C(=O)[O-].[Ca+2]. The van der Waals surface area contributed by atoms with Crippen LogP contribution in [0.15, 0.2) is 60.9 Å². The van der Waals surface area contributed by atoms with E-state index >= 15 is 0 Å². The Morgan fingerprint density at radius 3 is 1.33 bits per heavy atom. The molecule has 0 spiro atoms. The fourth-order valence-corrected chi connectivity index (χ4v) is 5.42. The van der Waals surface area contributed by atoms with Gasteiger partial charge >= 0.3 is 37.7 Å². The first-order chi connectivity index (χ1) is 18.2. The van der Waals surface area contributed by atoms with Crippen LogP contribution in [0, 0.1) is 0 Å². The first-order valence-electron chi connectivity index (χ1n) is 12.3. The molecule has 0 aliphatic carbocycles. The number of carbonyl (C=O) groups is 4. The Morgan fingerprint density at radius 1 is 0.641 bits per heavy atom. The topological polar surface area (TPSA) is 134 Å². The number of carbonyl (C=O) groups excluding carboxylic acids is 4. The van der Waals surface area contributed by atoms with E-state index in [-0.39, 0.29) is 49.3 Å². The fraction of sp³-hybridized carbons (Fsp3) is 0.286. The summed E-state index contributed by atoms with van der Waals surface area (Å²) in [5.74, 6) is -3.52. The quantitative estimate of drug-likeness (QED) is 0.247. The van der Waals surface area contributed by atoms with E-state index in [2.05, 4.69) is 0 Å². The Bertz CT molecular complexity index is 1460. The third kappa shape index (κ3) is 5.16. The molecule has 196 valence electrons. The number of carboxylic acid groups (broad SMARTS) is 2. The number of nitrogens with zero attached hydrogens (tertiary/aromatic N) is 4. The molecule has 0 radical (unpaired) electrons. The largest absolute Gasteiger partial charge is 2.00 e. The zero-order chi connectivity index (χ0) is 27.1. The number of rotatable bonds is 6. The summed E-state index contributed by atoms with van der Waals surface area (Å²) < 4.78 is 7.09. The van der Waals surface area contributed by atoms with Gasteiger partial charge in [-0.15, -0.1) is 0 Å². The first kappa shape index (κ1) is 28.7. The van der Waals surface area contributed by atoms with Crippen molar-refractivity contribution in [3.8, 4) is 0 Å². The van der Waals surface area contributed by atoms with Gasteiger partial charge in [0, 0.05) is 62.8 Å². The minimum Gasteiger partial charge on any atom is -0.549 e. The summed E-state index contributed by atoms with van der Waals surface area (Å²) in [5, 5.41) is 22.0. The van der Waals surface area contributed by atoms with E-state index < -0.39 is 23.8 Å². The monoisotopic (exact) mass is 554 g/mol. The molecule has 2 unspecified atom stereocenters. The van der Waals surface area contributed by atoms with Crippen LogP contribution in [0.1, 0.15) is 68.4 Å². The van der Waals surface area contributed by atoms with Crippen LogP contribution < -0.4 is 10.2 Å². The van der Waals surface area contributed by atoms with Crippen molar-refractivity contribution in [2.24, 2.45) is 14.1 Å². The summed E-state index contributed by atoms with van der Waals surface area (Å²) in [6.07, 6.45) is 4.61. The second kappa shape index (κ2) is 11.4. The van der Waals surface area contributed by atoms with Crippen LogP contribution in [0.5, 0.6) is 0 Å². The number of aryl methyl sites for hydroxylation is 2. The standard InChI is InChI=1S/2C14H14N2O3.Ca/c2*1-15-7-2-3-11(15)13(17)12-5-4-10-9(14(18)19)6-8-16(10)12;/h2*2-5,7,9H,6,8H2,1H3,(H,18,19);/q;;+2/p-2. The first-order valence-corrected chi connectivity index (χ1v) is 12.3. The number of aromatic nitrogens is 4. The van der Waals surface area contributed by atoms with Gasteiger partial charge in [0.2, 0.25) is 11.6 Å². The van der Waals surface area contributed by atoms with Crippen LogP contribution in [0.3, 0.4) is 0 Å². The maximum atomic E-state index is 12.4. The molecule has 2 aliphatic rings. The van der Waals surface area contributed by atoms with Crippen LogP contribution in [-0.2, 0) is 36.8 Å². The van der Waals surface area contributed by atoms with Crippen molar-refractivity contribution in [3.05, 3.63) is 95.1 Å². The minimum absolute atomic E-state index is 0. The van der Waals surface area contributed by atoms with Crippen molar-refractivity contribution < 1.29 is 29.4 Å². The molecule has 10 nitrogen and oxygen atoms in total. The molecule has 0 fully saturated rings. The molecule has 0 amide bonds. The van der Waals surface area contributed by atoms with Crippen molar-refractivity contribution in [1.29, 1.82) is 0 Å². The molecule has 0 saturated carbocycles. The van der Waals surface area contributed by atoms with E-state index in [0.29, 0.717) is 60.1 Å². The molecule has 0 bridgehead atoms. The van der Waals surface area contributed by atoms with Gasteiger partial charge in [-0.2, -0.15) is 0 Å². The molecule has 4 aromatic rings. The average molecular weight is 555 g/mol. The number of hydrogen-bond donors (Lipinski definition) is 0. The van der Waals surface area contributed by atoms with Gasteiger partial charge in [0.15, 0.2) is 0 Å². The molecular weight excluding hydrogens is 528 g/mol. The molecular formula is C28H26CaN4O6. The number of fused-ring (bicyclic) bond motifs is 2. The number of hydrogen-bond acceptors (Lipinski definition) is 6. The Morgan fingerprint density at radius 2 is 1.03 bits per heavy atom. The van der Waals surface area contributed by atoms with Crippen molar-refractivity contribution >= 4 is 61.2 Å². The second-order valence-electron chi connectivity index (χ2n) is 9.58. The van der Waals surface area contributed by atoms with E-state index in [0.717, 1.165) is 0 Å². The molecule has 4 aromatic heterocycles. The summed E-state index contributed by atoms with van der Waals surface area (Å²) in [5.41, 5.74) is 3.60. The Kier molecular flexibility index (Phi) is 8.39. The predicted octanol–water partition coefficient (Wildman–Crippen LogP) is 0.209. The van der Waals surface area contributed by atoms with Crippen LogP contribution in [-0.4, -0.2) is 79.5 Å². The van der Waals surface area contributed by atoms with Crippen molar-refractivity contribution in [2.75, 3.05) is 0 Å². The van der Waals surface area contributed by atoms with E-state index in [1.807, 2.05) is 38.6 Å². The van der Waals surface area contributed by atoms with Crippen LogP contribution in [0.2, 0.25) is 0 Å². The third-order valence-electron chi connectivity index (χ3n) is 7.41. The van der Waals surface area contributed by atoms with Crippen molar-refractivity contribution in [1.82, 2.24) is 18.3 Å². The Hall–Kier alpha value is -3.34. The van der Waals surface area contributed by atoms with Gasteiger partial charge in [-0.3, -0.25) is 9.59 Å². The third-order valence-corrected chi connectivity index (χ3v) is 7.41. The molecule has 2 aliphatic heterocycles. The predicted molar refractivity (Wildman–Crippen MR) is 137 cm³/mol. The van der Waals surface area contributed by atoms with Gasteiger partial charge in [0.05, 0.1) is 34.7 Å². The fourth-order valence-electron chi connectivity index (χ4n) is 5.42. The van der Waals surface area contributed by atoms with E-state index in [1.165, 1.54) is 0 Å². The molecule has 0 N–H and O–H groups in total. The van der Waals surface area contributed by atoms with Gasteiger partial charge in [-0.25, -0.2) is 0 Å². The minimum atomic E-state index is -1.07. The van der Waals surface area contributed by atoms with E-state index in [4.69, 9.17) is 0 Å². The van der Waals surface area contributed by atoms with Crippen LogP contribution >= 0.6 is 0 Å². The average Bonchev–Trinajstić information content (AvgIpc) is 3.68.